The first-order valence-electron chi connectivity index (χ1n) is 6.14. The number of carbonyl (C=O) groups is 2. The summed E-state index contributed by atoms with van der Waals surface area (Å²) in [5.74, 6) is -0.173. The number of hydrogen-bond donors (Lipinski definition) is 0. The third kappa shape index (κ3) is 3.64. The quantitative estimate of drug-likeness (QED) is 0.489. The van der Waals surface area contributed by atoms with Gasteiger partial charge in [0.05, 0.1) is 11.4 Å². The summed E-state index contributed by atoms with van der Waals surface area (Å²) < 4.78 is 16.3. The number of pyridine rings is 2. The Morgan fingerprint density at radius 3 is 2.00 bits per heavy atom. The van der Waals surface area contributed by atoms with E-state index in [9.17, 15) is 14.0 Å². The molecular weight excluding hydrogens is 289 g/mol. The van der Waals surface area contributed by atoms with Crippen LogP contribution in [0, 0.1) is 12.1 Å². The number of amides is 1. The highest BCUT2D eigenvalue weighted by Gasteiger charge is 2.26. The smallest absolute Gasteiger partial charge is 0.398 e. The lowest BCUT2D eigenvalue weighted by molar-refractivity contribution is -0.152. The van der Waals surface area contributed by atoms with E-state index in [1.165, 1.54) is 24.8 Å². The lowest BCUT2D eigenvalue weighted by Gasteiger charge is -2.21. The lowest BCUT2D eigenvalue weighted by atomic mass is 10.3. The molecule has 0 aromatic carbocycles. The molecule has 0 fully saturated rings. The summed E-state index contributed by atoms with van der Waals surface area (Å²) in [6, 6.07) is 6.25. The second-order valence-corrected chi connectivity index (χ2v) is 3.90. The Labute approximate surface area is 125 Å². The monoisotopic (exact) mass is 299 g/mol. The summed E-state index contributed by atoms with van der Waals surface area (Å²) in [7, 11) is 0. The van der Waals surface area contributed by atoms with E-state index in [0.29, 0.717) is 11.4 Å². The Bertz CT molecular complexity index is 672. The van der Waals surface area contributed by atoms with Gasteiger partial charge in [-0.3, -0.25) is 19.7 Å². The molecule has 2 heterocycles. The lowest BCUT2D eigenvalue weighted by Crippen LogP contribution is -2.34. The summed E-state index contributed by atoms with van der Waals surface area (Å²) in [5.41, 5.74) is 0.861. The maximum atomic E-state index is 12.3. The molecule has 0 unspecified atom stereocenters. The van der Waals surface area contributed by atoms with E-state index < -0.39 is 18.5 Å². The number of nitrogens with zero attached hydrogens (tertiary/aromatic N) is 3. The van der Waals surface area contributed by atoms with Crippen molar-refractivity contribution in [2.45, 2.75) is 0 Å². The van der Waals surface area contributed by atoms with Crippen LogP contribution in [-0.4, -0.2) is 28.5 Å². The molecule has 0 N–H and O–H groups in total. The second kappa shape index (κ2) is 7.50. The molecule has 1 amide bonds. The van der Waals surface area contributed by atoms with Gasteiger partial charge in [-0.2, -0.15) is 0 Å². The van der Waals surface area contributed by atoms with Gasteiger partial charge in [0.25, 0.3) is 0 Å². The van der Waals surface area contributed by atoms with Crippen molar-refractivity contribution in [3.05, 3.63) is 49.1 Å². The van der Waals surface area contributed by atoms with E-state index in [2.05, 4.69) is 14.7 Å². The van der Waals surface area contributed by atoms with Crippen molar-refractivity contribution >= 4 is 23.3 Å². The fourth-order valence-electron chi connectivity index (χ4n) is 1.65. The van der Waals surface area contributed by atoms with Crippen LogP contribution in [0.4, 0.5) is 15.8 Å². The first kappa shape index (κ1) is 15.1. The van der Waals surface area contributed by atoms with Gasteiger partial charge < -0.3 is 4.74 Å². The molecule has 0 saturated carbocycles. The average molecular weight is 299 g/mol. The third-order valence-electron chi connectivity index (χ3n) is 2.56. The SMILES string of the molecule is O=C(OCC#CF)C(=O)N(c1ccncc1)c1ccncc1. The Balaban J connectivity index is 2.30. The van der Waals surface area contributed by atoms with Crippen LogP contribution in [0.15, 0.2) is 49.1 Å². The molecule has 6 nitrogen and oxygen atoms in total. The van der Waals surface area contributed by atoms with Crippen molar-refractivity contribution in [3.8, 4) is 12.1 Å². The largest absolute Gasteiger partial charge is 0.445 e. The Hall–Kier alpha value is -3.27. The van der Waals surface area contributed by atoms with E-state index in [-0.39, 0.29) is 0 Å². The van der Waals surface area contributed by atoms with Crippen molar-refractivity contribution in [2.75, 3.05) is 11.5 Å². The normalized spacial score (nSPS) is 9.32. The van der Waals surface area contributed by atoms with Gasteiger partial charge in [-0.05, 0) is 30.2 Å². The van der Waals surface area contributed by atoms with Crippen molar-refractivity contribution in [3.63, 3.8) is 0 Å². The molecule has 2 rings (SSSR count). The number of ether oxygens (including phenoxy) is 1. The molecule has 2 aromatic rings. The van der Waals surface area contributed by atoms with E-state index in [1.807, 2.05) is 5.92 Å². The van der Waals surface area contributed by atoms with Gasteiger partial charge in [-0.15, -0.1) is 4.39 Å². The highest BCUT2D eigenvalue weighted by molar-refractivity contribution is 6.39. The summed E-state index contributed by atoms with van der Waals surface area (Å²) >= 11 is 0. The van der Waals surface area contributed by atoms with Crippen LogP contribution in [0.2, 0.25) is 0 Å². The zero-order chi connectivity index (χ0) is 15.8. The number of carbonyl (C=O) groups excluding carboxylic acids is 2. The molecule has 22 heavy (non-hydrogen) atoms. The molecule has 0 saturated heterocycles. The molecule has 0 radical (unpaired) electrons. The first-order valence-corrected chi connectivity index (χ1v) is 6.14. The van der Waals surface area contributed by atoms with Crippen molar-refractivity contribution < 1.29 is 18.7 Å². The van der Waals surface area contributed by atoms with Gasteiger partial charge in [0.2, 0.25) is 0 Å². The zero-order valence-electron chi connectivity index (χ0n) is 11.3. The zero-order valence-corrected chi connectivity index (χ0v) is 11.3. The number of halogens is 1. The molecule has 7 heteroatoms. The maximum absolute atomic E-state index is 12.3. The van der Waals surface area contributed by atoms with Crippen molar-refractivity contribution in [1.82, 2.24) is 9.97 Å². The predicted octanol–water partition coefficient (Wildman–Crippen LogP) is 1.61. The van der Waals surface area contributed by atoms with Gasteiger partial charge >= 0.3 is 11.9 Å². The van der Waals surface area contributed by atoms with E-state index in [4.69, 9.17) is 0 Å². The molecule has 0 aliphatic carbocycles. The minimum Gasteiger partial charge on any atom is -0.445 e. The van der Waals surface area contributed by atoms with Gasteiger partial charge in [-0.1, -0.05) is 0 Å². The summed E-state index contributed by atoms with van der Waals surface area (Å²) in [5, 5.41) is 0. The number of anilines is 2. The number of aromatic nitrogens is 2. The highest BCUT2D eigenvalue weighted by atomic mass is 19.1. The minimum atomic E-state index is -1.14. The molecule has 0 aliphatic rings. The molecule has 0 bridgehead atoms. The molecule has 2 aromatic heterocycles. The Morgan fingerprint density at radius 2 is 1.55 bits per heavy atom. The summed E-state index contributed by atoms with van der Waals surface area (Å²) in [6.45, 7) is -0.498. The average Bonchev–Trinajstić information content (AvgIpc) is 2.57. The Kier molecular flexibility index (Phi) is 5.15. The number of esters is 1. The van der Waals surface area contributed by atoms with Crippen molar-refractivity contribution in [2.24, 2.45) is 0 Å². The Morgan fingerprint density at radius 1 is 1.05 bits per heavy atom. The topological polar surface area (TPSA) is 72.4 Å². The maximum Gasteiger partial charge on any atom is 0.398 e. The highest BCUT2D eigenvalue weighted by Crippen LogP contribution is 2.24. The van der Waals surface area contributed by atoms with Crippen LogP contribution in [-0.2, 0) is 14.3 Å². The van der Waals surface area contributed by atoms with Crippen molar-refractivity contribution in [1.29, 1.82) is 0 Å². The minimum absolute atomic E-state index is 0.430. The standard InChI is InChI=1S/C15H10FN3O3/c16-6-1-11-22-15(21)14(20)19(12-2-7-17-8-3-12)13-4-9-18-10-5-13/h2-5,7-10H,11H2. The fraction of sp³-hybridized carbons (Fsp3) is 0.0667. The molecule has 0 atom stereocenters. The summed E-state index contributed by atoms with van der Waals surface area (Å²) in [6.07, 6.45) is 7.02. The fourth-order valence-corrected chi connectivity index (χ4v) is 1.65. The van der Waals surface area contributed by atoms with Crippen LogP contribution in [0.5, 0.6) is 0 Å². The van der Waals surface area contributed by atoms with Crippen LogP contribution in [0.25, 0.3) is 0 Å². The van der Waals surface area contributed by atoms with Gasteiger partial charge in [0, 0.05) is 24.8 Å². The number of hydrogen-bond acceptors (Lipinski definition) is 5. The van der Waals surface area contributed by atoms with Crippen LogP contribution >= 0.6 is 0 Å². The third-order valence-corrected chi connectivity index (χ3v) is 2.56. The van der Waals surface area contributed by atoms with Gasteiger partial charge in [0.15, 0.2) is 6.61 Å². The molecule has 0 spiro atoms. The number of rotatable bonds is 3. The van der Waals surface area contributed by atoms with Crippen LogP contribution in [0.3, 0.4) is 0 Å². The van der Waals surface area contributed by atoms with Crippen LogP contribution in [0.1, 0.15) is 0 Å². The molecule has 0 aliphatic heterocycles. The van der Waals surface area contributed by atoms with Gasteiger partial charge in [-0.25, -0.2) is 4.79 Å². The first-order chi connectivity index (χ1) is 10.7. The molecular formula is C15H10FN3O3. The van der Waals surface area contributed by atoms with E-state index >= 15 is 0 Å². The second-order valence-electron chi connectivity index (χ2n) is 3.90. The predicted molar refractivity (Wildman–Crippen MR) is 75.5 cm³/mol. The van der Waals surface area contributed by atoms with E-state index in [1.54, 1.807) is 24.3 Å². The van der Waals surface area contributed by atoms with Crippen LogP contribution < -0.4 is 4.90 Å². The van der Waals surface area contributed by atoms with E-state index in [0.717, 1.165) is 11.1 Å². The molecule has 110 valence electrons. The van der Waals surface area contributed by atoms with Gasteiger partial charge in [0.1, 0.15) is 6.17 Å². The summed E-state index contributed by atoms with van der Waals surface area (Å²) in [4.78, 5) is 32.9.